The van der Waals surface area contributed by atoms with E-state index >= 15 is 0 Å². The second-order valence-corrected chi connectivity index (χ2v) is 4.65. The Morgan fingerprint density at radius 3 is 2.86 bits per heavy atom. The Morgan fingerprint density at radius 1 is 1.38 bits per heavy atom. The summed E-state index contributed by atoms with van der Waals surface area (Å²) >= 11 is 0. The minimum atomic E-state index is -0.447. The van der Waals surface area contributed by atoms with Crippen molar-refractivity contribution < 1.29 is 18.7 Å². The number of hydrogen-bond acceptors (Lipinski definition) is 3. The number of para-hydroxylation sites is 1. The quantitative estimate of drug-likeness (QED) is 0.791. The molecule has 1 aromatic rings. The van der Waals surface area contributed by atoms with Crippen LogP contribution in [0, 0.1) is 5.82 Å². The molecule has 6 nitrogen and oxygen atoms in total. The van der Waals surface area contributed by atoms with Gasteiger partial charge in [0, 0.05) is 26.7 Å². The summed E-state index contributed by atoms with van der Waals surface area (Å²) in [5.74, 6) is -0.701. The summed E-state index contributed by atoms with van der Waals surface area (Å²) in [5, 5.41) is 2.65. The van der Waals surface area contributed by atoms with E-state index in [-0.39, 0.29) is 24.2 Å². The van der Waals surface area contributed by atoms with Gasteiger partial charge in [0.05, 0.1) is 12.3 Å². The van der Waals surface area contributed by atoms with Crippen molar-refractivity contribution >= 4 is 17.6 Å². The van der Waals surface area contributed by atoms with Crippen molar-refractivity contribution in [1.29, 1.82) is 0 Å². The fraction of sp³-hybridized carbons (Fsp3) is 0.429. The molecule has 21 heavy (non-hydrogen) atoms. The average Bonchev–Trinajstić information content (AvgIpc) is 2.81. The highest BCUT2D eigenvalue weighted by molar-refractivity contribution is 5.96. The van der Waals surface area contributed by atoms with Crippen molar-refractivity contribution in [2.75, 3.05) is 44.8 Å². The van der Waals surface area contributed by atoms with Gasteiger partial charge in [0.1, 0.15) is 12.4 Å². The van der Waals surface area contributed by atoms with Crippen LogP contribution in [0.5, 0.6) is 0 Å². The monoisotopic (exact) mass is 295 g/mol. The molecule has 1 fully saturated rings. The van der Waals surface area contributed by atoms with Crippen LogP contribution >= 0.6 is 0 Å². The molecule has 1 aromatic carbocycles. The van der Waals surface area contributed by atoms with Crippen molar-refractivity contribution in [3.8, 4) is 0 Å². The van der Waals surface area contributed by atoms with Crippen molar-refractivity contribution in [3.63, 3.8) is 0 Å². The number of nitrogens with one attached hydrogen (secondary N) is 1. The largest absolute Gasteiger partial charge is 0.383 e. The molecule has 1 saturated heterocycles. The lowest BCUT2D eigenvalue weighted by molar-refractivity contribution is -0.121. The molecule has 0 spiro atoms. The van der Waals surface area contributed by atoms with Gasteiger partial charge in [-0.2, -0.15) is 0 Å². The minimum Gasteiger partial charge on any atom is -0.383 e. The van der Waals surface area contributed by atoms with E-state index in [1.807, 2.05) is 0 Å². The maximum Gasteiger partial charge on any atom is 0.325 e. The highest BCUT2D eigenvalue weighted by atomic mass is 19.1. The van der Waals surface area contributed by atoms with Crippen molar-refractivity contribution in [2.45, 2.75) is 0 Å². The fourth-order valence-electron chi connectivity index (χ4n) is 2.15. The first-order valence-corrected chi connectivity index (χ1v) is 6.70. The van der Waals surface area contributed by atoms with Crippen LogP contribution in [0.1, 0.15) is 0 Å². The van der Waals surface area contributed by atoms with E-state index in [9.17, 15) is 14.0 Å². The molecule has 1 aliphatic heterocycles. The van der Waals surface area contributed by atoms with Gasteiger partial charge in [-0.1, -0.05) is 12.1 Å². The number of hydrogen-bond donors (Lipinski definition) is 1. The summed E-state index contributed by atoms with van der Waals surface area (Å²) in [6.07, 6.45) is 0. The van der Waals surface area contributed by atoms with E-state index in [1.54, 1.807) is 25.3 Å². The van der Waals surface area contributed by atoms with E-state index in [2.05, 4.69) is 5.32 Å². The van der Waals surface area contributed by atoms with Crippen LogP contribution in [0.3, 0.4) is 0 Å². The SMILES string of the molecule is COCCNC(=O)CN1CCN(c2ccccc2F)C1=O. The van der Waals surface area contributed by atoms with E-state index in [4.69, 9.17) is 4.74 Å². The van der Waals surface area contributed by atoms with Crippen molar-refractivity contribution in [1.82, 2.24) is 10.2 Å². The highest BCUT2D eigenvalue weighted by Crippen LogP contribution is 2.22. The molecular formula is C14H18FN3O3. The van der Waals surface area contributed by atoms with Crippen LogP contribution in [0.2, 0.25) is 0 Å². The Labute approximate surface area is 122 Å². The molecule has 1 heterocycles. The molecule has 1 aliphatic rings. The third-order valence-corrected chi connectivity index (χ3v) is 3.20. The lowest BCUT2D eigenvalue weighted by atomic mass is 10.3. The number of benzene rings is 1. The highest BCUT2D eigenvalue weighted by Gasteiger charge is 2.31. The van der Waals surface area contributed by atoms with Gasteiger partial charge in [0.2, 0.25) is 5.91 Å². The second kappa shape index (κ2) is 7.03. The van der Waals surface area contributed by atoms with Gasteiger partial charge >= 0.3 is 6.03 Å². The van der Waals surface area contributed by atoms with Crippen LogP contribution in [0.25, 0.3) is 0 Å². The number of halogens is 1. The number of carbonyl (C=O) groups excluding carboxylic acids is 2. The van der Waals surface area contributed by atoms with Crippen molar-refractivity contribution in [3.05, 3.63) is 30.1 Å². The smallest absolute Gasteiger partial charge is 0.325 e. The van der Waals surface area contributed by atoms with E-state index in [1.165, 1.54) is 15.9 Å². The van der Waals surface area contributed by atoms with Gasteiger partial charge in [-0.05, 0) is 12.1 Å². The zero-order valence-electron chi connectivity index (χ0n) is 11.8. The molecule has 0 saturated carbocycles. The van der Waals surface area contributed by atoms with Crippen LogP contribution in [-0.2, 0) is 9.53 Å². The van der Waals surface area contributed by atoms with E-state index in [0.717, 1.165) is 0 Å². The van der Waals surface area contributed by atoms with Crippen LogP contribution in [-0.4, -0.2) is 56.7 Å². The maximum atomic E-state index is 13.7. The number of anilines is 1. The molecule has 7 heteroatoms. The van der Waals surface area contributed by atoms with E-state index in [0.29, 0.717) is 26.2 Å². The predicted octanol–water partition coefficient (Wildman–Crippen LogP) is 0.830. The number of amides is 3. The Hall–Kier alpha value is -2.15. The third kappa shape index (κ3) is 3.69. The lowest BCUT2D eigenvalue weighted by Gasteiger charge is -2.18. The number of nitrogens with zero attached hydrogens (tertiary/aromatic N) is 2. The molecule has 0 aromatic heterocycles. The van der Waals surface area contributed by atoms with E-state index < -0.39 is 5.82 Å². The summed E-state index contributed by atoms with van der Waals surface area (Å²) in [6.45, 7) is 1.54. The molecule has 0 radical (unpaired) electrons. The molecule has 0 aliphatic carbocycles. The fourth-order valence-corrected chi connectivity index (χ4v) is 2.15. The predicted molar refractivity (Wildman–Crippen MR) is 75.6 cm³/mol. The Kier molecular flexibility index (Phi) is 5.10. The zero-order chi connectivity index (χ0) is 15.2. The van der Waals surface area contributed by atoms with Crippen LogP contribution in [0.15, 0.2) is 24.3 Å². The molecule has 0 bridgehead atoms. The number of urea groups is 1. The topological polar surface area (TPSA) is 61.9 Å². The van der Waals surface area contributed by atoms with Crippen molar-refractivity contribution in [2.24, 2.45) is 0 Å². The molecule has 3 amide bonds. The van der Waals surface area contributed by atoms with Crippen LogP contribution in [0.4, 0.5) is 14.9 Å². The zero-order valence-corrected chi connectivity index (χ0v) is 11.8. The number of rotatable bonds is 6. The molecular weight excluding hydrogens is 277 g/mol. The standard InChI is InChI=1S/C14H18FN3O3/c1-21-9-6-16-13(19)10-17-7-8-18(14(17)20)12-5-3-2-4-11(12)15/h2-5H,6-10H2,1H3,(H,16,19). The van der Waals surface area contributed by atoms with Gasteiger partial charge in [0.15, 0.2) is 0 Å². The summed E-state index contributed by atoms with van der Waals surface area (Å²) in [5.41, 5.74) is 0.241. The lowest BCUT2D eigenvalue weighted by Crippen LogP contribution is -2.40. The Balaban J connectivity index is 1.93. The Bertz CT molecular complexity index is 524. The summed E-state index contributed by atoms with van der Waals surface area (Å²) in [6, 6.07) is 5.74. The normalized spacial score (nSPS) is 14.7. The molecule has 2 rings (SSSR count). The van der Waals surface area contributed by atoms with Crippen LogP contribution < -0.4 is 10.2 Å². The number of ether oxygens (including phenoxy) is 1. The van der Waals surface area contributed by atoms with Gasteiger partial charge in [-0.3, -0.25) is 9.69 Å². The molecule has 114 valence electrons. The first-order valence-electron chi connectivity index (χ1n) is 6.70. The maximum absolute atomic E-state index is 13.7. The van der Waals surface area contributed by atoms with Gasteiger partial charge in [-0.15, -0.1) is 0 Å². The Morgan fingerprint density at radius 2 is 2.14 bits per heavy atom. The summed E-state index contributed by atoms with van der Waals surface area (Å²) in [4.78, 5) is 26.6. The minimum absolute atomic E-state index is 0.0342. The summed E-state index contributed by atoms with van der Waals surface area (Å²) < 4.78 is 18.5. The van der Waals surface area contributed by atoms with Gasteiger partial charge < -0.3 is 15.0 Å². The molecule has 1 N–H and O–H groups in total. The first-order chi connectivity index (χ1) is 10.1. The number of carbonyl (C=O) groups is 2. The van der Waals surface area contributed by atoms with Gasteiger partial charge in [-0.25, -0.2) is 9.18 Å². The second-order valence-electron chi connectivity index (χ2n) is 4.65. The molecule has 0 unspecified atom stereocenters. The number of methoxy groups -OCH3 is 1. The third-order valence-electron chi connectivity index (χ3n) is 3.20. The van der Waals surface area contributed by atoms with Gasteiger partial charge in [0.25, 0.3) is 0 Å². The average molecular weight is 295 g/mol. The molecule has 0 atom stereocenters. The first kappa shape index (κ1) is 15.2. The summed E-state index contributed by atoms with van der Waals surface area (Å²) in [7, 11) is 1.54.